The second-order valence-corrected chi connectivity index (χ2v) is 5.56. The van der Waals surface area contributed by atoms with Crippen molar-refractivity contribution in [3.05, 3.63) is 61.7 Å². The predicted molar refractivity (Wildman–Crippen MR) is 78.7 cm³/mol. The second kappa shape index (κ2) is 6.22. The standard InChI is InChI=1S/C12H11ClN2OS2/c13-9-3-1-8(2-4-9)6-18-7-10-5-11(16)15-12(17)14-10/h1-5H,6-7H2,(H2,14,15,16,17). The van der Waals surface area contributed by atoms with Crippen molar-refractivity contribution in [2.45, 2.75) is 11.5 Å². The molecule has 1 aromatic carbocycles. The summed E-state index contributed by atoms with van der Waals surface area (Å²) in [7, 11) is 0. The van der Waals surface area contributed by atoms with Gasteiger partial charge in [-0.25, -0.2) is 0 Å². The second-order valence-electron chi connectivity index (χ2n) is 3.73. The molecule has 1 aromatic heterocycles. The quantitative estimate of drug-likeness (QED) is 0.849. The van der Waals surface area contributed by atoms with E-state index < -0.39 is 0 Å². The molecular formula is C12H11ClN2OS2. The van der Waals surface area contributed by atoms with Crippen molar-refractivity contribution < 1.29 is 0 Å². The van der Waals surface area contributed by atoms with E-state index in [4.69, 9.17) is 23.8 Å². The van der Waals surface area contributed by atoms with Crippen LogP contribution in [0.15, 0.2) is 35.1 Å². The Hall–Kier alpha value is -1.04. The number of halogens is 1. The van der Waals surface area contributed by atoms with Gasteiger partial charge in [-0.1, -0.05) is 23.7 Å². The average Bonchev–Trinajstić information content (AvgIpc) is 2.30. The first-order valence-corrected chi connectivity index (χ1v) is 7.22. The molecule has 1 heterocycles. The molecule has 0 aliphatic rings. The van der Waals surface area contributed by atoms with E-state index in [-0.39, 0.29) is 5.56 Å². The monoisotopic (exact) mass is 298 g/mol. The summed E-state index contributed by atoms with van der Waals surface area (Å²) < 4.78 is 0.365. The Bertz CT molecular complexity index is 605. The molecule has 3 nitrogen and oxygen atoms in total. The maximum atomic E-state index is 11.2. The fourth-order valence-corrected chi connectivity index (χ4v) is 2.72. The van der Waals surface area contributed by atoms with Crippen LogP contribution in [-0.2, 0) is 11.5 Å². The van der Waals surface area contributed by atoms with Crippen molar-refractivity contribution >= 4 is 35.6 Å². The average molecular weight is 299 g/mol. The minimum absolute atomic E-state index is 0.166. The first-order chi connectivity index (χ1) is 8.63. The van der Waals surface area contributed by atoms with Crippen molar-refractivity contribution in [3.63, 3.8) is 0 Å². The number of aromatic nitrogens is 2. The van der Waals surface area contributed by atoms with Crippen molar-refractivity contribution in [1.29, 1.82) is 0 Å². The highest BCUT2D eigenvalue weighted by molar-refractivity contribution is 7.97. The molecule has 0 atom stereocenters. The number of hydrogen-bond acceptors (Lipinski definition) is 3. The SMILES string of the molecule is O=c1cc(CSCc2ccc(Cl)cc2)[nH]c(=S)[nH]1. The molecule has 2 aromatic rings. The molecular weight excluding hydrogens is 288 g/mol. The molecule has 2 rings (SSSR count). The zero-order valence-electron chi connectivity index (χ0n) is 9.40. The fourth-order valence-electron chi connectivity index (χ4n) is 1.46. The number of nitrogens with one attached hydrogen (secondary N) is 2. The zero-order chi connectivity index (χ0) is 13.0. The summed E-state index contributed by atoms with van der Waals surface area (Å²) in [5.41, 5.74) is 1.87. The third-order valence-electron chi connectivity index (χ3n) is 2.26. The van der Waals surface area contributed by atoms with Gasteiger partial charge in [-0.2, -0.15) is 11.8 Å². The first kappa shape index (κ1) is 13.4. The lowest BCUT2D eigenvalue weighted by atomic mass is 10.2. The Labute approximate surface area is 119 Å². The number of aromatic amines is 2. The minimum Gasteiger partial charge on any atom is -0.335 e. The molecule has 0 saturated heterocycles. The smallest absolute Gasteiger partial charge is 0.251 e. The van der Waals surface area contributed by atoms with E-state index in [0.29, 0.717) is 4.77 Å². The van der Waals surface area contributed by atoms with Gasteiger partial charge in [0, 0.05) is 28.3 Å². The molecule has 0 bridgehead atoms. The van der Waals surface area contributed by atoms with Crippen LogP contribution in [-0.4, -0.2) is 9.97 Å². The van der Waals surface area contributed by atoms with Gasteiger partial charge in [-0.05, 0) is 29.9 Å². The molecule has 0 aliphatic heterocycles. The lowest BCUT2D eigenvalue weighted by Gasteiger charge is -2.02. The van der Waals surface area contributed by atoms with Crippen LogP contribution in [0.5, 0.6) is 0 Å². The summed E-state index contributed by atoms with van der Waals surface area (Å²) >= 11 is 12.4. The lowest BCUT2D eigenvalue weighted by molar-refractivity contribution is 1.03. The number of H-pyrrole nitrogens is 2. The first-order valence-electron chi connectivity index (χ1n) is 5.28. The molecule has 0 fully saturated rings. The van der Waals surface area contributed by atoms with Crippen molar-refractivity contribution in [2.75, 3.05) is 0 Å². The van der Waals surface area contributed by atoms with Gasteiger partial charge in [0.15, 0.2) is 4.77 Å². The summed E-state index contributed by atoms with van der Waals surface area (Å²) in [5.74, 6) is 1.58. The molecule has 0 radical (unpaired) electrons. The molecule has 18 heavy (non-hydrogen) atoms. The Morgan fingerprint density at radius 1 is 1.17 bits per heavy atom. The molecule has 2 N–H and O–H groups in total. The molecule has 0 aliphatic carbocycles. The zero-order valence-corrected chi connectivity index (χ0v) is 11.8. The van der Waals surface area contributed by atoms with Crippen LogP contribution in [0, 0.1) is 4.77 Å². The van der Waals surface area contributed by atoms with Gasteiger partial charge in [-0.3, -0.25) is 9.78 Å². The summed E-state index contributed by atoms with van der Waals surface area (Å²) in [6, 6.07) is 9.27. The van der Waals surface area contributed by atoms with Gasteiger partial charge in [0.25, 0.3) is 5.56 Å². The highest BCUT2D eigenvalue weighted by Crippen LogP contribution is 2.17. The minimum atomic E-state index is -0.166. The van der Waals surface area contributed by atoms with Crippen molar-refractivity contribution in [3.8, 4) is 0 Å². The lowest BCUT2D eigenvalue weighted by Crippen LogP contribution is -2.07. The van der Waals surface area contributed by atoms with Gasteiger partial charge < -0.3 is 4.98 Å². The fraction of sp³-hybridized carbons (Fsp3) is 0.167. The molecule has 94 valence electrons. The Balaban J connectivity index is 1.94. The Kier molecular flexibility index (Phi) is 4.63. The van der Waals surface area contributed by atoms with Crippen LogP contribution in [0.3, 0.4) is 0 Å². The maximum Gasteiger partial charge on any atom is 0.251 e. The molecule has 0 amide bonds. The van der Waals surface area contributed by atoms with Gasteiger partial charge in [0.05, 0.1) is 0 Å². The van der Waals surface area contributed by atoms with Crippen LogP contribution >= 0.6 is 35.6 Å². The largest absolute Gasteiger partial charge is 0.335 e. The van der Waals surface area contributed by atoms with Gasteiger partial charge >= 0.3 is 0 Å². The third-order valence-corrected chi connectivity index (χ3v) is 3.76. The molecule has 6 heteroatoms. The van der Waals surface area contributed by atoms with E-state index in [0.717, 1.165) is 22.2 Å². The molecule has 0 spiro atoms. The van der Waals surface area contributed by atoms with E-state index in [2.05, 4.69) is 9.97 Å². The number of benzene rings is 1. The van der Waals surface area contributed by atoms with Gasteiger partial charge in [0.2, 0.25) is 0 Å². The summed E-state index contributed by atoms with van der Waals surface area (Å²) in [6.45, 7) is 0. The van der Waals surface area contributed by atoms with E-state index in [1.54, 1.807) is 11.8 Å². The number of thioether (sulfide) groups is 1. The van der Waals surface area contributed by atoms with Crippen molar-refractivity contribution in [2.24, 2.45) is 0 Å². The molecule has 0 saturated carbocycles. The normalized spacial score (nSPS) is 10.5. The van der Waals surface area contributed by atoms with E-state index in [1.807, 2.05) is 24.3 Å². The summed E-state index contributed by atoms with van der Waals surface area (Å²) in [6.07, 6.45) is 0. The molecule has 0 unspecified atom stereocenters. The van der Waals surface area contributed by atoms with Gasteiger partial charge in [-0.15, -0.1) is 0 Å². The summed E-state index contributed by atoms with van der Waals surface area (Å²) in [5, 5.41) is 0.738. The predicted octanol–water partition coefficient (Wildman–Crippen LogP) is 3.52. The van der Waals surface area contributed by atoms with E-state index in [1.165, 1.54) is 11.6 Å². The van der Waals surface area contributed by atoms with Crippen LogP contribution < -0.4 is 5.56 Å². The number of hydrogen-bond donors (Lipinski definition) is 2. The highest BCUT2D eigenvalue weighted by atomic mass is 35.5. The van der Waals surface area contributed by atoms with E-state index >= 15 is 0 Å². The van der Waals surface area contributed by atoms with Crippen LogP contribution in [0.25, 0.3) is 0 Å². The topological polar surface area (TPSA) is 48.6 Å². The van der Waals surface area contributed by atoms with Crippen LogP contribution in [0.2, 0.25) is 5.02 Å². The Morgan fingerprint density at radius 3 is 2.56 bits per heavy atom. The number of rotatable bonds is 4. The summed E-state index contributed by atoms with van der Waals surface area (Å²) in [4.78, 5) is 16.7. The third kappa shape index (κ3) is 4.01. The van der Waals surface area contributed by atoms with E-state index in [9.17, 15) is 4.79 Å². The van der Waals surface area contributed by atoms with Crippen molar-refractivity contribution in [1.82, 2.24) is 9.97 Å². The van der Waals surface area contributed by atoms with Crippen LogP contribution in [0.4, 0.5) is 0 Å². The Morgan fingerprint density at radius 2 is 1.89 bits per heavy atom. The maximum absolute atomic E-state index is 11.2. The highest BCUT2D eigenvalue weighted by Gasteiger charge is 1.98. The van der Waals surface area contributed by atoms with Crippen LogP contribution in [0.1, 0.15) is 11.3 Å². The van der Waals surface area contributed by atoms with Gasteiger partial charge in [0.1, 0.15) is 0 Å².